The van der Waals surface area contributed by atoms with Gasteiger partial charge in [-0.15, -0.1) is 24.0 Å². The smallest absolute Gasteiger partial charge is 0.305 e. The van der Waals surface area contributed by atoms with Gasteiger partial charge < -0.3 is 20.1 Å². The molecule has 0 fully saturated rings. The number of hydrogen-bond donors (Lipinski definition) is 2. The fourth-order valence-electron chi connectivity index (χ4n) is 1.20. The molecule has 2 N–H and O–H groups in total. The molecule has 0 saturated heterocycles. The summed E-state index contributed by atoms with van der Waals surface area (Å²) in [7, 11) is 4.78. The molecule has 0 aromatic carbocycles. The van der Waals surface area contributed by atoms with Crippen molar-refractivity contribution >= 4 is 35.9 Å². The molecule has 0 heterocycles. The van der Waals surface area contributed by atoms with Crippen LogP contribution in [0.4, 0.5) is 0 Å². The molecule has 18 heavy (non-hydrogen) atoms. The Kier molecular flexibility index (Phi) is 15.9. The van der Waals surface area contributed by atoms with Gasteiger partial charge in [-0.25, -0.2) is 0 Å². The van der Waals surface area contributed by atoms with Gasteiger partial charge in [0.2, 0.25) is 0 Å². The van der Waals surface area contributed by atoms with Gasteiger partial charge in [0.15, 0.2) is 5.96 Å². The summed E-state index contributed by atoms with van der Waals surface area (Å²) in [5.41, 5.74) is 0. The van der Waals surface area contributed by atoms with Gasteiger partial charge in [-0.05, 0) is 12.8 Å². The zero-order valence-electron chi connectivity index (χ0n) is 11.3. The van der Waals surface area contributed by atoms with Crippen LogP contribution in [0.15, 0.2) is 4.99 Å². The summed E-state index contributed by atoms with van der Waals surface area (Å²) in [6, 6.07) is 0. The van der Waals surface area contributed by atoms with E-state index in [2.05, 4.69) is 20.4 Å². The number of carbonyl (C=O) groups excluding carboxylic acids is 1. The molecule has 0 aromatic heterocycles. The molecule has 0 rings (SSSR count). The summed E-state index contributed by atoms with van der Waals surface area (Å²) in [5, 5.41) is 6.25. The first-order valence-electron chi connectivity index (χ1n) is 5.74. The van der Waals surface area contributed by atoms with E-state index in [-0.39, 0.29) is 29.9 Å². The van der Waals surface area contributed by atoms with Gasteiger partial charge in [-0.1, -0.05) is 0 Å². The number of methoxy groups -OCH3 is 2. The van der Waals surface area contributed by atoms with Gasteiger partial charge in [0, 0.05) is 33.7 Å². The van der Waals surface area contributed by atoms with Gasteiger partial charge in [-0.2, -0.15) is 0 Å². The highest BCUT2D eigenvalue weighted by molar-refractivity contribution is 14.0. The van der Waals surface area contributed by atoms with Crippen LogP contribution < -0.4 is 10.6 Å². The van der Waals surface area contributed by atoms with Crippen molar-refractivity contribution in [2.75, 3.05) is 41.0 Å². The lowest BCUT2D eigenvalue weighted by Gasteiger charge is -2.11. The second-order valence-electron chi connectivity index (χ2n) is 3.45. The Hall–Kier alpha value is -0.570. The summed E-state index contributed by atoms with van der Waals surface area (Å²) in [4.78, 5) is 14.9. The van der Waals surface area contributed by atoms with Gasteiger partial charge >= 0.3 is 5.97 Å². The molecule has 0 spiro atoms. The minimum atomic E-state index is -0.160. The van der Waals surface area contributed by atoms with E-state index < -0.39 is 0 Å². The van der Waals surface area contributed by atoms with E-state index in [4.69, 9.17) is 4.74 Å². The van der Waals surface area contributed by atoms with Gasteiger partial charge in [0.05, 0.1) is 13.7 Å². The number of guanidine groups is 1. The van der Waals surface area contributed by atoms with Crippen LogP contribution in [0.25, 0.3) is 0 Å². The maximum absolute atomic E-state index is 10.8. The lowest BCUT2D eigenvalue weighted by atomic mass is 10.2. The highest BCUT2D eigenvalue weighted by atomic mass is 127. The average molecular weight is 373 g/mol. The third kappa shape index (κ3) is 11.9. The largest absolute Gasteiger partial charge is 0.469 e. The first-order chi connectivity index (χ1) is 8.24. The summed E-state index contributed by atoms with van der Waals surface area (Å²) < 4.78 is 9.48. The van der Waals surface area contributed by atoms with Crippen molar-refractivity contribution in [3.8, 4) is 0 Å². The molecule has 108 valence electrons. The molecular weight excluding hydrogens is 349 g/mol. The van der Waals surface area contributed by atoms with Crippen molar-refractivity contribution in [1.82, 2.24) is 10.6 Å². The summed E-state index contributed by atoms with van der Waals surface area (Å²) in [6.45, 7) is 2.14. The molecule has 0 amide bonds. The predicted octanol–water partition coefficient (Wildman–Crippen LogP) is 0.759. The molecule has 6 nitrogen and oxygen atoms in total. The van der Waals surface area contributed by atoms with E-state index in [9.17, 15) is 4.79 Å². The number of nitrogens with one attached hydrogen (secondary N) is 2. The molecule has 7 heteroatoms. The van der Waals surface area contributed by atoms with E-state index in [1.54, 1.807) is 14.2 Å². The van der Waals surface area contributed by atoms with Crippen molar-refractivity contribution < 1.29 is 14.3 Å². The fraction of sp³-hybridized carbons (Fsp3) is 0.818. The summed E-state index contributed by atoms with van der Waals surface area (Å²) in [5.74, 6) is 0.590. The van der Waals surface area contributed by atoms with E-state index in [0.29, 0.717) is 13.0 Å². The van der Waals surface area contributed by atoms with Crippen molar-refractivity contribution in [3.63, 3.8) is 0 Å². The molecular formula is C11H24IN3O3. The number of nitrogens with zero attached hydrogens (tertiary/aromatic N) is 1. The number of halogens is 1. The molecule has 0 saturated carbocycles. The highest BCUT2D eigenvalue weighted by Crippen LogP contribution is 1.95. The number of ether oxygens (including phenoxy) is 2. The van der Waals surface area contributed by atoms with Crippen molar-refractivity contribution in [2.24, 2.45) is 4.99 Å². The number of rotatable bonds is 8. The fourth-order valence-corrected chi connectivity index (χ4v) is 1.20. The normalized spacial score (nSPS) is 10.5. The number of aliphatic imine (C=N–C) groups is 1. The summed E-state index contributed by atoms with van der Waals surface area (Å²) in [6.07, 6.45) is 2.18. The Bertz CT molecular complexity index is 238. The van der Waals surface area contributed by atoms with Crippen molar-refractivity contribution in [1.29, 1.82) is 0 Å². The molecule has 0 atom stereocenters. The number of unbranched alkanes of at least 4 members (excludes halogenated alkanes) is 1. The van der Waals surface area contributed by atoms with Crippen LogP contribution in [0.5, 0.6) is 0 Å². The van der Waals surface area contributed by atoms with Gasteiger partial charge in [0.1, 0.15) is 0 Å². The third-order valence-corrected chi connectivity index (χ3v) is 2.15. The molecule has 0 aromatic rings. The Morgan fingerprint density at radius 1 is 1.17 bits per heavy atom. The molecule has 0 bridgehead atoms. The average Bonchev–Trinajstić information content (AvgIpc) is 2.36. The zero-order valence-corrected chi connectivity index (χ0v) is 13.7. The molecule has 0 aliphatic carbocycles. The Morgan fingerprint density at radius 2 is 1.83 bits per heavy atom. The maximum atomic E-state index is 10.8. The van der Waals surface area contributed by atoms with Crippen LogP contribution >= 0.6 is 24.0 Å². The first kappa shape index (κ1) is 19.8. The van der Waals surface area contributed by atoms with E-state index in [0.717, 1.165) is 31.9 Å². The van der Waals surface area contributed by atoms with E-state index >= 15 is 0 Å². The Balaban J connectivity index is 0. The lowest BCUT2D eigenvalue weighted by molar-refractivity contribution is -0.140. The number of hydrogen-bond acceptors (Lipinski definition) is 4. The van der Waals surface area contributed by atoms with Gasteiger partial charge in [0.25, 0.3) is 0 Å². The van der Waals surface area contributed by atoms with Crippen LogP contribution in [0.2, 0.25) is 0 Å². The van der Waals surface area contributed by atoms with E-state index in [1.807, 2.05) is 0 Å². The molecule has 0 aliphatic heterocycles. The standard InChI is InChI=1S/C11H23N3O3.HI/c1-12-11(14-8-9-16-2)13-7-5-4-6-10(15)17-3;/h4-9H2,1-3H3,(H2,12,13,14);1H. The van der Waals surface area contributed by atoms with Gasteiger partial charge in [-0.3, -0.25) is 9.79 Å². The van der Waals surface area contributed by atoms with Crippen LogP contribution in [-0.2, 0) is 14.3 Å². The van der Waals surface area contributed by atoms with E-state index in [1.165, 1.54) is 7.11 Å². The topological polar surface area (TPSA) is 72.0 Å². The monoisotopic (exact) mass is 373 g/mol. The Labute approximate surface area is 126 Å². The van der Waals surface area contributed by atoms with Crippen LogP contribution in [-0.4, -0.2) is 52.9 Å². The molecule has 0 aliphatic rings. The lowest BCUT2D eigenvalue weighted by Crippen LogP contribution is -2.39. The molecule has 0 unspecified atom stereocenters. The van der Waals surface area contributed by atoms with Crippen molar-refractivity contribution in [2.45, 2.75) is 19.3 Å². The van der Waals surface area contributed by atoms with Crippen molar-refractivity contribution in [3.05, 3.63) is 0 Å². The van der Waals surface area contributed by atoms with Crippen LogP contribution in [0.3, 0.4) is 0 Å². The Morgan fingerprint density at radius 3 is 2.39 bits per heavy atom. The van der Waals surface area contributed by atoms with Crippen LogP contribution in [0, 0.1) is 0 Å². The van der Waals surface area contributed by atoms with Crippen LogP contribution in [0.1, 0.15) is 19.3 Å². The minimum absolute atomic E-state index is 0. The second kappa shape index (κ2) is 14.5. The summed E-state index contributed by atoms with van der Waals surface area (Å²) >= 11 is 0. The quantitative estimate of drug-likeness (QED) is 0.216. The SMILES string of the molecule is CN=C(NCCCCC(=O)OC)NCCOC.I. The predicted molar refractivity (Wildman–Crippen MR) is 82.5 cm³/mol. The minimum Gasteiger partial charge on any atom is -0.469 e. The zero-order chi connectivity index (χ0) is 12.9. The third-order valence-electron chi connectivity index (χ3n) is 2.15. The highest BCUT2D eigenvalue weighted by Gasteiger charge is 2.00. The molecule has 0 radical (unpaired) electrons. The second-order valence-corrected chi connectivity index (χ2v) is 3.45. The maximum Gasteiger partial charge on any atom is 0.305 e. The first-order valence-corrected chi connectivity index (χ1v) is 5.74. The number of carbonyl (C=O) groups is 1. The number of esters is 1.